The van der Waals surface area contributed by atoms with E-state index in [4.69, 9.17) is 4.84 Å². The van der Waals surface area contributed by atoms with Crippen LogP contribution in [0, 0.1) is 5.82 Å². The molecule has 0 radical (unpaired) electrons. The Bertz CT molecular complexity index is 538. The average Bonchev–Trinajstić information content (AvgIpc) is 2.83. The molecular weight excluding hydrogens is 239 g/mol. The van der Waals surface area contributed by atoms with Gasteiger partial charge in [0.2, 0.25) is 5.91 Å². The van der Waals surface area contributed by atoms with E-state index < -0.39 is 5.82 Å². The predicted octanol–water partition coefficient (Wildman–Crippen LogP) is 1.49. The van der Waals surface area contributed by atoms with Crippen LogP contribution in [0.3, 0.4) is 0 Å². The first-order valence-electron chi connectivity index (χ1n) is 5.72. The minimum atomic E-state index is -0.514. The van der Waals surface area contributed by atoms with E-state index >= 15 is 0 Å². The van der Waals surface area contributed by atoms with Crippen molar-refractivity contribution >= 4 is 23.1 Å². The number of halogens is 1. The maximum absolute atomic E-state index is 13.9. The van der Waals surface area contributed by atoms with Gasteiger partial charge in [0.15, 0.2) is 5.78 Å². The number of hydrogen-bond acceptors (Lipinski definition) is 4. The molecule has 0 saturated carbocycles. The molecule has 1 aromatic rings. The Morgan fingerprint density at radius 1 is 1.33 bits per heavy atom. The van der Waals surface area contributed by atoms with E-state index in [1.54, 1.807) is 0 Å². The van der Waals surface area contributed by atoms with Gasteiger partial charge in [-0.3, -0.25) is 19.5 Å². The zero-order valence-corrected chi connectivity index (χ0v) is 9.53. The number of amides is 1. The van der Waals surface area contributed by atoms with Gasteiger partial charge < -0.3 is 5.32 Å². The number of nitrogens with zero attached hydrogens (tertiary/aromatic N) is 1. The first-order chi connectivity index (χ1) is 8.65. The van der Waals surface area contributed by atoms with Crippen molar-refractivity contribution in [2.45, 2.75) is 12.8 Å². The third kappa shape index (κ3) is 1.74. The molecule has 0 bridgehead atoms. The second kappa shape index (κ2) is 4.06. The number of nitrogens with one attached hydrogen (secondary N) is 1. The molecule has 1 N–H and O–H groups in total. The number of hydroxylamine groups is 1. The molecule has 3 rings (SSSR count). The van der Waals surface area contributed by atoms with Crippen molar-refractivity contribution in [3.63, 3.8) is 0 Å². The van der Waals surface area contributed by atoms with Gasteiger partial charge in [-0.1, -0.05) is 0 Å². The maximum atomic E-state index is 13.9. The van der Waals surface area contributed by atoms with Gasteiger partial charge in [0, 0.05) is 12.1 Å². The summed E-state index contributed by atoms with van der Waals surface area (Å²) in [6.07, 6.45) is 0.591. The molecule has 1 aromatic carbocycles. The van der Waals surface area contributed by atoms with E-state index in [1.807, 2.05) is 0 Å². The van der Waals surface area contributed by atoms with Crippen LogP contribution in [-0.2, 0) is 9.63 Å². The normalized spacial score (nSPS) is 18.8. The fourth-order valence-electron chi connectivity index (χ4n) is 2.16. The monoisotopic (exact) mass is 250 g/mol. The summed E-state index contributed by atoms with van der Waals surface area (Å²) in [5.41, 5.74) is 0.819. The molecule has 2 aliphatic heterocycles. The van der Waals surface area contributed by atoms with Crippen LogP contribution < -0.4 is 10.4 Å². The molecule has 1 fully saturated rings. The van der Waals surface area contributed by atoms with Crippen LogP contribution >= 0.6 is 0 Å². The molecule has 0 aliphatic carbocycles. The number of ketones is 1. The standard InChI is InChI=1S/C12H11FN2O3/c13-8-4-7-9(14-12(17)6-11(7)16)5-10(8)15-2-1-3-18-15/h4-5H,1-3,6H2,(H,14,17). The van der Waals surface area contributed by atoms with Gasteiger partial charge in [-0.2, -0.15) is 0 Å². The lowest BCUT2D eigenvalue weighted by Crippen LogP contribution is -2.25. The third-order valence-electron chi connectivity index (χ3n) is 3.00. The molecule has 5 nitrogen and oxygen atoms in total. The smallest absolute Gasteiger partial charge is 0.232 e. The Hall–Kier alpha value is -1.95. The average molecular weight is 250 g/mol. The zero-order chi connectivity index (χ0) is 12.7. The van der Waals surface area contributed by atoms with Gasteiger partial charge in [0.25, 0.3) is 0 Å². The SMILES string of the molecule is O=C1CC(=O)c2cc(F)c(N3CCCO3)cc2N1. The third-order valence-corrected chi connectivity index (χ3v) is 3.00. The first kappa shape index (κ1) is 11.2. The van der Waals surface area contributed by atoms with Crippen molar-refractivity contribution in [1.29, 1.82) is 0 Å². The van der Waals surface area contributed by atoms with Gasteiger partial charge in [-0.05, 0) is 18.6 Å². The van der Waals surface area contributed by atoms with Gasteiger partial charge in [-0.15, -0.1) is 0 Å². The number of carbonyl (C=O) groups is 2. The van der Waals surface area contributed by atoms with Crippen LogP contribution in [0.2, 0.25) is 0 Å². The highest BCUT2D eigenvalue weighted by molar-refractivity contribution is 6.18. The summed E-state index contributed by atoms with van der Waals surface area (Å²) in [7, 11) is 0. The molecule has 1 saturated heterocycles. The zero-order valence-electron chi connectivity index (χ0n) is 9.53. The van der Waals surface area contributed by atoms with Crippen molar-refractivity contribution in [2.75, 3.05) is 23.5 Å². The summed E-state index contributed by atoms with van der Waals surface area (Å²) in [6, 6.07) is 2.61. The fraction of sp³-hybridized carbons (Fsp3) is 0.333. The highest BCUT2D eigenvalue weighted by Gasteiger charge is 2.26. The largest absolute Gasteiger partial charge is 0.325 e. The van der Waals surface area contributed by atoms with Crippen molar-refractivity contribution in [3.05, 3.63) is 23.5 Å². The summed E-state index contributed by atoms with van der Waals surface area (Å²) in [5, 5.41) is 4.02. The Kier molecular flexibility index (Phi) is 2.52. The van der Waals surface area contributed by atoms with E-state index in [0.29, 0.717) is 18.8 Å². The lowest BCUT2D eigenvalue weighted by atomic mass is 10.0. The van der Waals surface area contributed by atoms with Crippen LogP contribution in [0.5, 0.6) is 0 Å². The molecule has 1 amide bonds. The van der Waals surface area contributed by atoms with Gasteiger partial charge in [0.05, 0.1) is 18.7 Å². The summed E-state index contributed by atoms with van der Waals surface area (Å²) in [6.45, 7) is 1.14. The van der Waals surface area contributed by atoms with Crippen molar-refractivity contribution in [3.8, 4) is 0 Å². The Morgan fingerprint density at radius 3 is 2.89 bits per heavy atom. The summed E-state index contributed by atoms with van der Waals surface area (Å²) in [5.74, 6) is -1.24. The molecule has 0 atom stereocenters. The first-order valence-corrected chi connectivity index (χ1v) is 5.72. The lowest BCUT2D eigenvalue weighted by Gasteiger charge is -2.21. The van der Waals surface area contributed by atoms with Crippen molar-refractivity contribution in [2.24, 2.45) is 0 Å². The van der Waals surface area contributed by atoms with Crippen LogP contribution in [0.4, 0.5) is 15.8 Å². The molecular formula is C12H11FN2O3. The van der Waals surface area contributed by atoms with Gasteiger partial charge in [-0.25, -0.2) is 4.39 Å². The minimum Gasteiger partial charge on any atom is -0.325 e. The fourth-order valence-corrected chi connectivity index (χ4v) is 2.16. The number of hydrogen-bond donors (Lipinski definition) is 1. The number of rotatable bonds is 1. The predicted molar refractivity (Wildman–Crippen MR) is 61.9 cm³/mol. The molecule has 2 heterocycles. The van der Waals surface area contributed by atoms with Crippen LogP contribution in [0.15, 0.2) is 12.1 Å². The molecule has 0 aromatic heterocycles. The highest BCUT2D eigenvalue weighted by Crippen LogP contribution is 2.32. The maximum Gasteiger partial charge on any atom is 0.232 e. The van der Waals surface area contributed by atoms with Crippen molar-refractivity contribution < 1.29 is 18.8 Å². The molecule has 0 spiro atoms. The van der Waals surface area contributed by atoms with Gasteiger partial charge >= 0.3 is 0 Å². The Balaban J connectivity index is 2.05. The summed E-state index contributed by atoms with van der Waals surface area (Å²) >= 11 is 0. The lowest BCUT2D eigenvalue weighted by molar-refractivity contribution is -0.115. The summed E-state index contributed by atoms with van der Waals surface area (Å²) in [4.78, 5) is 28.2. The Labute approximate surface area is 102 Å². The molecule has 2 aliphatic rings. The van der Waals surface area contributed by atoms with E-state index in [0.717, 1.165) is 12.5 Å². The van der Waals surface area contributed by atoms with E-state index in [9.17, 15) is 14.0 Å². The number of benzene rings is 1. The van der Waals surface area contributed by atoms with E-state index in [2.05, 4.69) is 5.32 Å². The second-order valence-electron chi connectivity index (χ2n) is 4.29. The van der Waals surface area contributed by atoms with Crippen LogP contribution in [-0.4, -0.2) is 24.8 Å². The minimum absolute atomic E-state index is 0.218. The van der Waals surface area contributed by atoms with E-state index in [1.165, 1.54) is 11.1 Å². The quantitative estimate of drug-likeness (QED) is 0.767. The topological polar surface area (TPSA) is 58.6 Å². The summed E-state index contributed by atoms with van der Waals surface area (Å²) < 4.78 is 13.9. The Morgan fingerprint density at radius 2 is 2.17 bits per heavy atom. The highest BCUT2D eigenvalue weighted by atomic mass is 19.1. The van der Waals surface area contributed by atoms with Gasteiger partial charge in [0.1, 0.15) is 11.5 Å². The van der Waals surface area contributed by atoms with Crippen LogP contribution in [0.1, 0.15) is 23.2 Å². The number of fused-ring (bicyclic) bond motifs is 1. The van der Waals surface area contributed by atoms with E-state index in [-0.39, 0.29) is 29.4 Å². The number of anilines is 2. The number of Topliss-reactive ketones (excluding diaryl/α,β-unsaturated/α-hetero) is 1. The van der Waals surface area contributed by atoms with Crippen LogP contribution in [0.25, 0.3) is 0 Å². The second-order valence-corrected chi connectivity index (χ2v) is 4.29. The van der Waals surface area contributed by atoms with Crippen molar-refractivity contribution in [1.82, 2.24) is 0 Å². The molecule has 94 valence electrons. The molecule has 0 unspecified atom stereocenters. The molecule has 6 heteroatoms. The molecule has 18 heavy (non-hydrogen) atoms. The number of carbonyl (C=O) groups excluding carboxylic acids is 2.